The normalized spacial score (nSPS) is 16.3. The molecule has 1 aromatic carbocycles. The number of esters is 1. The number of ketones is 1. The van der Waals surface area contributed by atoms with Crippen LogP contribution in [0.4, 0.5) is 4.39 Å². The molecule has 5 heteroatoms. The van der Waals surface area contributed by atoms with Gasteiger partial charge in [0.1, 0.15) is 5.82 Å². The van der Waals surface area contributed by atoms with Crippen LogP contribution in [0.1, 0.15) is 54.9 Å². The molecule has 1 unspecified atom stereocenters. The molecule has 2 rings (SSSR count). The number of hydrogen-bond acceptors (Lipinski definition) is 4. The minimum atomic E-state index is -0.623. The molecule has 1 aliphatic carbocycles. The van der Waals surface area contributed by atoms with Gasteiger partial charge in [0.25, 0.3) is 0 Å². The van der Waals surface area contributed by atoms with Gasteiger partial charge in [0.2, 0.25) is 0 Å². The van der Waals surface area contributed by atoms with Crippen molar-refractivity contribution in [2.75, 3.05) is 6.61 Å². The fourth-order valence-electron chi connectivity index (χ4n) is 2.99. The van der Waals surface area contributed by atoms with Gasteiger partial charge < -0.3 is 10.1 Å². The lowest BCUT2D eigenvalue weighted by molar-refractivity contribution is -0.143. The Morgan fingerprint density at radius 3 is 2.65 bits per heavy atom. The van der Waals surface area contributed by atoms with Gasteiger partial charge in [0.05, 0.1) is 19.1 Å². The van der Waals surface area contributed by atoms with Gasteiger partial charge in [-0.25, -0.2) is 4.39 Å². The van der Waals surface area contributed by atoms with Gasteiger partial charge in [0, 0.05) is 11.6 Å². The van der Waals surface area contributed by atoms with Crippen molar-refractivity contribution in [1.82, 2.24) is 5.32 Å². The van der Waals surface area contributed by atoms with Crippen LogP contribution in [-0.2, 0) is 9.53 Å². The molecule has 0 aliphatic heterocycles. The number of hydrogen-bond donors (Lipinski definition) is 1. The van der Waals surface area contributed by atoms with Gasteiger partial charge in [-0.2, -0.15) is 0 Å². The first-order valence-electron chi connectivity index (χ1n) is 8.23. The molecule has 0 radical (unpaired) electrons. The fraction of sp³-hybridized carbons (Fsp3) is 0.556. The van der Waals surface area contributed by atoms with Crippen molar-refractivity contribution >= 4 is 11.8 Å². The molecule has 0 aromatic heterocycles. The Balaban J connectivity index is 2.14. The highest BCUT2D eigenvalue weighted by atomic mass is 19.1. The summed E-state index contributed by atoms with van der Waals surface area (Å²) < 4.78 is 18.4. The van der Waals surface area contributed by atoms with Crippen LogP contribution in [0.2, 0.25) is 0 Å². The summed E-state index contributed by atoms with van der Waals surface area (Å²) in [5, 5.41) is 3.29. The third kappa shape index (κ3) is 4.86. The lowest BCUT2D eigenvalue weighted by Crippen LogP contribution is -2.44. The molecule has 0 amide bonds. The summed E-state index contributed by atoms with van der Waals surface area (Å²) >= 11 is 0. The Labute approximate surface area is 136 Å². The number of carbonyl (C=O) groups is 2. The smallest absolute Gasteiger partial charge is 0.307 e. The molecule has 126 valence electrons. The molecule has 1 atom stereocenters. The molecule has 0 bridgehead atoms. The lowest BCUT2D eigenvalue weighted by atomic mass is 9.98. The molecule has 1 aliphatic rings. The van der Waals surface area contributed by atoms with E-state index in [2.05, 4.69) is 5.32 Å². The molecular weight excluding hydrogens is 297 g/mol. The average molecular weight is 321 g/mol. The predicted octanol–water partition coefficient (Wildman–Crippen LogP) is 3.17. The summed E-state index contributed by atoms with van der Waals surface area (Å²) in [6.07, 6.45) is 4.28. The van der Waals surface area contributed by atoms with E-state index < -0.39 is 12.0 Å². The van der Waals surface area contributed by atoms with E-state index in [-0.39, 0.29) is 24.1 Å². The number of carbonyl (C=O) groups excluding carboxylic acids is 2. The minimum absolute atomic E-state index is 0.000399. The van der Waals surface area contributed by atoms with Crippen LogP contribution < -0.4 is 5.32 Å². The van der Waals surface area contributed by atoms with E-state index in [1.165, 1.54) is 18.2 Å². The lowest BCUT2D eigenvalue weighted by Gasteiger charge is -2.21. The van der Waals surface area contributed by atoms with E-state index in [1.807, 2.05) is 0 Å². The van der Waals surface area contributed by atoms with Crippen molar-refractivity contribution in [3.8, 4) is 0 Å². The second-order valence-corrected chi connectivity index (χ2v) is 6.04. The molecule has 4 nitrogen and oxygen atoms in total. The van der Waals surface area contributed by atoms with Crippen LogP contribution in [0, 0.1) is 12.7 Å². The fourth-order valence-corrected chi connectivity index (χ4v) is 2.99. The van der Waals surface area contributed by atoms with Crippen molar-refractivity contribution < 1.29 is 18.7 Å². The standard InChI is InChI=1S/C18H24FNO3/c1-3-23-17(21)11-16(20-14-6-4-5-7-14)18(22)13-8-9-15(19)12(2)10-13/h8-10,14,16,20H,3-7,11H2,1-2H3. The third-order valence-corrected chi connectivity index (χ3v) is 4.23. The van der Waals surface area contributed by atoms with Gasteiger partial charge in [-0.05, 0) is 50.5 Å². The summed E-state index contributed by atoms with van der Waals surface area (Å²) in [6, 6.07) is 3.92. The average Bonchev–Trinajstić information content (AvgIpc) is 3.02. The second kappa shape index (κ2) is 8.20. The summed E-state index contributed by atoms with van der Waals surface area (Å²) in [5.74, 6) is -0.921. The number of benzene rings is 1. The SMILES string of the molecule is CCOC(=O)CC(NC1CCCC1)C(=O)c1ccc(F)c(C)c1. The van der Waals surface area contributed by atoms with E-state index >= 15 is 0 Å². The Morgan fingerprint density at radius 2 is 2.04 bits per heavy atom. The molecule has 1 fully saturated rings. The van der Waals surface area contributed by atoms with Gasteiger partial charge in [0.15, 0.2) is 5.78 Å². The van der Waals surface area contributed by atoms with Crippen LogP contribution in [0.3, 0.4) is 0 Å². The van der Waals surface area contributed by atoms with Crippen LogP contribution in [0.15, 0.2) is 18.2 Å². The molecule has 1 aromatic rings. The monoisotopic (exact) mass is 321 g/mol. The largest absolute Gasteiger partial charge is 0.466 e. The first-order valence-corrected chi connectivity index (χ1v) is 8.23. The first-order chi connectivity index (χ1) is 11.0. The maximum atomic E-state index is 13.4. The highest BCUT2D eigenvalue weighted by molar-refractivity contribution is 6.02. The molecule has 23 heavy (non-hydrogen) atoms. The third-order valence-electron chi connectivity index (χ3n) is 4.23. The van der Waals surface area contributed by atoms with Crippen molar-refractivity contribution in [2.45, 2.75) is 58.0 Å². The number of nitrogens with one attached hydrogen (secondary N) is 1. The van der Waals surface area contributed by atoms with Crippen LogP contribution >= 0.6 is 0 Å². The molecule has 0 spiro atoms. The van der Waals surface area contributed by atoms with Crippen LogP contribution in [0.5, 0.6) is 0 Å². The highest BCUT2D eigenvalue weighted by Crippen LogP contribution is 2.20. The zero-order valence-electron chi connectivity index (χ0n) is 13.7. The summed E-state index contributed by atoms with van der Waals surface area (Å²) in [5.41, 5.74) is 0.843. The van der Waals surface area contributed by atoms with E-state index in [1.54, 1.807) is 13.8 Å². The molecule has 1 saturated carbocycles. The molecule has 0 heterocycles. The van der Waals surface area contributed by atoms with Crippen molar-refractivity contribution in [3.05, 3.63) is 35.1 Å². The summed E-state index contributed by atoms with van der Waals surface area (Å²) in [4.78, 5) is 24.6. The maximum Gasteiger partial charge on any atom is 0.307 e. The first kappa shape index (κ1) is 17.6. The van der Waals surface area contributed by atoms with Gasteiger partial charge >= 0.3 is 5.97 Å². The Hall–Kier alpha value is -1.75. The zero-order valence-corrected chi connectivity index (χ0v) is 13.7. The van der Waals surface area contributed by atoms with E-state index in [0.717, 1.165) is 25.7 Å². The number of Topliss-reactive ketones (excluding diaryl/α,β-unsaturated/α-hetero) is 1. The second-order valence-electron chi connectivity index (χ2n) is 6.04. The van der Waals surface area contributed by atoms with Crippen molar-refractivity contribution in [2.24, 2.45) is 0 Å². The van der Waals surface area contributed by atoms with Crippen LogP contribution in [0.25, 0.3) is 0 Å². The van der Waals surface area contributed by atoms with Gasteiger partial charge in [-0.15, -0.1) is 0 Å². The maximum absolute atomic E-state index is 13.4. The number of halogens is 1. The zero-order chi connectivity index (χ0) is 16.8. The predicted molar refractivity (Wildman–Crippen MR) is 85.9 cm³/mol. The van der Waals surface area contributed by atoms with E-state index in [9.17, 15) is 14.0 Å². The summed E-state index contributed by atoms with van der Waals surface area (Å²) in [6.45, 7) is 3.65. The van der Waals surface area contributed by atoms with Crippen LogP contribution in [-0.4, -0.2) is 30.4 Å². The van der Waals surface area contributed by atoms with Gasteiger partial charge in [-0.1, -0.05) is 12.8 Å². The number of ether oxygens (including phenoxy) is 1. The Bertz CT molecular complexity index is 567. The van der Waals surface area contributed by atoms with Crippen molar-refractivity contribution in [3.63, 3.8) is 0 Å². The summed E-state index contributed by atoms with van der Waals surface area (Å²) in [7, 11) is 0. The highest BCUT2D eigenvalue weighted by Gasteiger charge is 2.28. The minimum Gasteiger partial charge on any atom is -0.466 e. The number of rotatable bonds is 7. The number of aryl methyl sites for hydroxylation is 1. The van der Waals surface area contributed by atoms with Gasteiger partial charge in [-0.3, -0.25) is 9.59 Å². The Kier molecular flexibility index (Phi) is 6.28. The Morgan fingerprint density at radius 1 is 1.35 bits per heavy atom. The molecular formula is C18H24FNO3. The topological polar surface area (TPSA) is 55.4 Å². The van der Waals surface area contributed by atoms with E-state index in [0.29, 0.717) is 17.7 Å². The quantitative estimate of drug-likeness (QED) is 0.619. The molecule has 0 saturated heterocycles. The van der Waals surface area contributed by atoms with Crippen molar-refractivity contribution in [1.29, 1.82) is 0 Å². The van der Waals surface area contributed by atoms with E-state index in [4.69, 9.17) is 4.74 Å². The molecule has 1 N–H and O–H groups in total.